The van der Waals surface area contributed by atoms with E-state index < -0.39 is 11.7 Å². The van der Waals surface area contributed by atoms with Gasteiger partial charge in [-0.15, -0.1) is 0 Å². The minimum absolute atomic E-state index is 0.0298. The smallest absolute Gasteiger partial charge is 0.393 e. The van der Waals surface area contributed by atoms with Crippen LogP contribution in [0.25, 0.3) is 0 Å². The lowest BCUT2D eigenvalue weighted by atomic mass is 9.48. The molecule has 4 aliphatic rings. The van der Waals surface area contributed by atoms with Crippen LogP contribution in [0.1, 0.15) is 76.3 Å². The van der Waals surface area contributed by atoms with Gasteiger partial charge in [0.2, 0.25) is 0 Å². The van der Waals surface area contributed by atoms with Crippen molar-refractivity contribution >= 4 is 11.9 Å². The molecule has 0 saturated heterocycles. The third-order valence-corrected chi connectivity index (χ3v) is 9.46. The molecule has 1 aromatic rings. The third kappa shape index (κ3) is 3.78. The van der Waals surface area contributed by atoms with Crippen molar-refractivity contribution in [1.82, 2.24) is 0 Å². The molecule has 1 aromatic carbocycles. The van der Waals surface area contributed by atoms with Crippen LogP contribution in [0.15, 0.2) is 46.1 Å². The highest BCUT2D eigenvalue weighted by Crippen LogP contribution is 2.64. The lowest BCUT2D eigenvalue weighted by Crippen LogP contribution is -2.50. The van der Waals surface area contributed by atoms with E-state index in [0.29, 0.717) is 17.8 Å². The molecule has 6 heteroatoms. The van der Waals surface area contributed by atoms with Gasteiger partial charge in [0.15, 0.2) is 0 Å². The van der Waals surface area contributed by atoms with Gasteiger partial charge in [-0.3, -0.25) is 0 Å². The minimum atomic E-state index is -4.41. The maximum Gasteiger partial charge on any atom is 0.417 e. The Kier molecular flexibility index (Phi) is 5.58. The van der Waals surface area contributed by atoms with E-state index >= 15 is 0 Å². The summed E-state index contributed by atoms with van der Waals surface area (Å²) in [7, 11) is 0. The summed E-state index contributed by atoms with van der Waals surface area (Å²) in [5.41, 5.74) is 2.05. The first-order valence-electron chi connectivity index (χ1n) is 12.3. The molecule has 0 radical (unpaired) electrons. The third-order valence-electron chi connectivity index (χ3n) is 9.46. The van der Waals surface area contributed by atoms with E-state index in [9.17, 15) is 18.3 Å². The van der Waals surface area contributed by atoms with E-state index in [1.807, 2.05) is 0 Å². The summed E-state index contributed by atoms with van der Waals surface area (Å²) in [5, 5.41) is 18.8. The number of halogens is 3. The molecule has 3 nitrogen and oxygen atoms in total. The number of rotatable bonds is 2. The molecule has 0 unspecified atom stereocenters. The van der Waals surface area contributed by atoms with E-state index in [-0.39, 0.29) is 22.5 Å². The summed E-state index contributed by atoms with van der Waals surface area (Å²) in [6, 6.07) is 5.50. The standard InChI is InChI=1S/C27H33F3N2O/c1-25-13-11-19(33)15-18(25)7-8-20-22-9-10-24(26(22,2)14-12-23(20)25)32-31-16-17-5-3-4-6-21(17)27(28,29)30/h3-7,16,19-20,22-23,33H,8-15H2,1-2H3/b31-16-,32-24-/t19-,20+,22+,23+,25+,26+/m1/s1. The fourth-order valence-corrected chi connectivity index (χ4v) is 7.62. The molecule has 0 heterocycles. The van der Waals surface area contributed by atoms with Crippen molar-refractivity contribution in [2.45, 2.75) is 77.5 Å². The Morgan fingerprint density at radius 1 is 1.03 bits per heavy atom. The molecule has 4 aliphatic carbocycles. The maximum absolute atomic E-state index is 13.3. The molecule has 178 valence electrons. The highest BCUT2D eigenvalue weighted by Gasteiger charge is 2.57. The summed E-state index contributed by atoms with van der Waals surface area (Å²) >= 11 is 0. The monoisotopic (exact) mass is 458 g/mol. The highest BCUT2D eigenvalue weighted by atomic mass is 19.4. The van der Waals surface area contributed by atoms with Gasteiger partial charge in [0.1, 0.15) is 0 Å². The van der Waals surface area contributed by atoms with E-state index in [2.05, 4.69) is 30.1 Å². The summed E-state index contributed by atoms with van der Waals surface area (Å²) < 4.78 is 39.8. The number of allylic oxidation sites excluding steroid dienone is 1. The number of aliphatic hydroxyl groups is 1. The largest absolute Gasteiger partial charge is 0.417 e. The van der Waals surface area contributed by atoms with Crippen LogP contribution in [-0.2, 0) is 6.18 Å². The highest BCUT2D eigenvalue weighted by molar-refractivity contribution is 5.93. The summed E-state index contributed by atoms with van der Waals surface area (Å²) in [4.78, 5) is 0. The Morgan fingerprint density at radius 3 is 2.55 bits per heavy atom. The molecule has 6 atom stereocenters. The van der Waals surface area contributed by atoms with Crippen LogP contribution >= 0.6 is 0 Å². The molecular weight excluding hydrogens is 425 g/mol. The normalized spacial score (nSPS) is 39.8. The Labute approximate surface area is 193 Å². The van der Waals surface area contributed by atoms with Crippen LogP contribution in [0.4, 0.5) is 13.2 Å². The lowest BCUT2D eigenvalue weighted by molar-refractivity contribution is -0.137. The van der Waals surface area contributed by atoms with Gasteiger partial charge in [-0.1, -0.05) is 43.7 Å². The van der Waals surface area contributed by atoms with Crippen LogP contribution < -0.4 is 0 Å². The van der Waals surface area contributed by atoms with Gasteiger partial charge in [-0.25, -0.2) is 0 Å². The molecule has 0 aromatic heterocycles. The molecule has 3 fully saturated rings. The Bertz CT molecular complexity index is 1010. The summed E-state index contributed by atoms with van der Waals surface area (Å²) in [6.07, 6.45) is 7.05. The second kappa shape index (κ2) is 8.07. The second-order valence-corrected chi connectivity index (χ2v) is 11.0. The number of hydrogen-bond acceptors (Lipinski definition) is 3. The Morgan fingerprint density at radius 2 is 1.76 bits per heavy atom. The lowest BCUT2D eigenvalue weighted by Gasteiger charge is -2.57. The Balaban J connectivity index is 1.38. The van der Waals surface area contributed by atoms with Gasteiger partial charge in [-0.2, -0.15) is 23.4 Å². The SMILES string of the molecule is C[C@]12CC[C@@H](O)CC1=CC[C@@H]1[C@@H]2CC[C@]2(C)/C(=N\N=C/c3ccccc3C(F)(F)F)CC[C@@H]12. The van der Waals surface area contributed by atoms with Gasteiger partial charge in [0.25, 0.3) is 0 Å². The van der Waals surface area contributed by atoms with Crippen molar-refractivity contribution < 1.29 is 18.3 Å². The first-order chi connectivity index (χ1) is 15.6. The van der Waals surface area contributed by atoms with E-state index in [1.54, 1.807) is 6.07 Å². The number of aliphatic hydroxyl groups excluding tert-OH is 1. The average molecular weight is 459 g/mol. The van der Waals surface area contributed by atoms with Crippen LogP contribution in [0, 0.1) is 28.6 Å². The molecule has 33 heavy (non-hydrogen) atoms. The fraction of sp³-hybridized carbons (Fsp3) is 0.630. The van der Waals surface area contributed by atoms with E-state index in [4.69, 9.17) is 0 Å². The quantitative estimate of drug-likeness (QED) is 0.296. The summed E-state index contributed by atoms with van der Waals surface area (Å²) in [6.45, 7) is 4.71. The molecule has 5 rings (SSSR count). The van der Waals surface area contributed by atoms with Crippen molar-refractivity contribution in [1.29, 1.82) is 0 Å². The van der Waals surface area contributed by atoms with Gasteiger partial charge in [0, 0.05) is 16.7 Å². The number of alkyl halides is 3. The van der Waals surface area contributed by atoms with Crippen LogP contribution in [0.5, 0.6) is 0 Å². The van der Waals surface area contributed by atoms with Gasteiger partial charge < -0.3 is 5.11 Å². The van der Waals surface area contributed by atoms with Crippen molar-refractivity contribution in [3.05, 3.63) is 47.0 Å². The molecule has 3 saturated carbocycles. The zero-order valence-corrected chi connectivity index (χ0v) is 19.4. The number of hydrogen-bond donors (Lipinski definition) is 1. The molecule has 0 amide bonds. The Hall–Kier alpha value is -1.95. The fourth-order valence-electron chi connectivity index (χ4n) is 7.62. The molecule has 0 aliphatic heterocycles. The van der Waals surface area contributed by atoms with Crippen molar-refractivity contribution in [3.8, 4) is 0 Å². The second-order valence-electron chi connectivity index (χ2n) is 11.0. The number of fused-ring (bicyclic) bond motifs is 5. The van der Waals surface area contributed by atoms with Crippen molar-refractivity contribution in [2.75, 3.05) is 0 Å². The zero-order chi connectivity index (χ0) is 23.4. The zero-order valence-electron chi connectivity index (χ0n) is 19.4. The number of nitrogens with zero attached hydrogens (tertiary/aromatic N) is 2. The minimum Gasteiger partial charge on any atom is -0.393 e. The first kappa shape index (κ1) is 22.8. The topological polar surface area (TPSA) is 45.0 Å². The van der Waals surface area contributed by atoms with Gasteiger partial charge in [-0.05, 0) is 80.6 Å². The molecule has 0 bridgehead atoms. The predicted molar refractivity (Wildman–Crippen MR) is 124 cm³/mol. The molecule has 1 N–H and O–H groups in total. The van der Waals surface area contributed by atoms with Gasteiger partial charge >= 0.3 is 6.18 Å². The van der Waals surface area contributed by atoms with E-state index in [0.717, 1.165) is 63.1 Å². The van der Waals surface area contributed by atoms with Crippen molar-refractivity contribution in [2.24, 2.45) is 38.8 Å². The molecule has 0 spiro atoms. The van der Waals surface area contributed by atoms with Gasteiger partial charge in [0.05, 0.1) is 17.9 Å². The number of benzene rings is 1. The van der Waals surface area contributed by atoms with Crippen LogP contribution in [0.2, 0.25) is 0 Å². The first-order valence-corrected chi connectivity index (χ1v) is 12.3. The van der Waals surface area contributed by atoms with Crippen LogP contribution in [0.3, 0.4) is 0 Å². The predicted octanol–water partition coefficient (Wildman–Crippen LogP) is 6.80. The van der Waals surface area contributed by atoms with Crippen LogP contribution in [-0.4, -0.2) is 23.1 Å². The molecular formula is C27H33F3N2O. The van der Waals surface area contributed by atoms with E-state index in [1.165, 1.54) is 23.9 Å². The summed E-state index contributed by atoms with van der Waals surface area (Å²) in [5.74, 6) is 1.79. The maximum atomic E-state index is 13.3. The van der Waals surface area contributed by atoms with Crippen molar-refractivity contribution in [3.63, 3.8) is 0 Å². The average Bonchev–Trinajstić information content (AvgIpc) is 3.10.